The van der Waals surface area contributed by atoms with Crippen LogP contribution in [0.2, 0.25) is 5.02 Å². The summed E-state index contributed by atoms with van der Waals surface area (Å²) in [5, 5.41) is 11.7. The lowest BCUT2D eigenvalue weighted by Crippen LogP contribution is -2.30. The summed E-state index contributed by atoms with van der Waals surface area (Å²) in [6.45, 7) is 3.87. The smallest absolute Gasteiger partial charge is 0.300 e. The Balaban J connectivity index is 1.93. The van der Waals surface area contributed by atoms with Gasteiger partial charge in [0.2, 0.25) is 0 Å². The lowest BCUT2D eigenvalue weighted by atomic mass is 9.95. The Morgan fingerprint density at radius 2 is 1.74 bits per heavy atom. The number of halogens is 1. The molecule has 156 valence electrons. The van der Waals surface area contributed by atoms with Crippen LogP contribution in [0.3, 0.4) is 0 Å². The molecule has 0 saturated carbocycles. The molecule has 3 aromatic rings. The Hall–Kier alpha value is -3.44. The molecule has 2 aromatic carbocycles. The number of ketones is 1. The van der Waals surface area contributed by atoms with Gasteiger partial charge in [-0.2, -0.15) is 0 Å². The van der Waals surface area contributed by atoms with Crippen LogP contribution in [0.15, 0.2) is 72.6 Å². The summed E-state index contributed by atoms with van der Waals surface area (Å²) in [7, 11) is 0. The molecule has 31 heavy (non-hydrogen) atoms. The fourth-order valence-electron chi connectivity index (χ4n) is 3.89. The number of rotatable bonds is 4. The maximum absolute atomic E-state index is 13.2. The highest BCUT2D eigenvalue weighted by molar-refractivity contribution is 6.51. The summed E-state index contributed by atoms with van der Waals surface area (Å²) in [6, 6.07) is 15.1. The Labute approximate surface area is 185 Å². The van der Waals surface area contributed by atoms with Crippen molar-refractivity contribution in [1.29, 1.82) is 0 Å². The second-order valence-electron chi connectivity index (χ2n) is 7.43. The van der Waals surface area contributed by atoms with Gasteiger partial charge in [-0.3, -0.25) is 19.5 Å². The molecule has 6 heteroatoms. The van der Waals surface area contributed by atoms with Gasteiger partial charge in [-0.1, -0.05) is 42.8 Å². The molecule has 4 rings (SSSR count). The fraction of sp³-hybridized carbons (Fsp3) is 0.160. The van der Waals surface area contributed by atoms with Crippen LogP contribution in [0.25, 0.3) is 5.76 Å². The third-order valence-electron chi connectivity index (χ3n) is 5.52. The van der Waals surface area contributed by atoms with Gasteiger partial charge in [0.15, 0.2) is 0 Å². The predicted molar refractivity (Wildman–Crippen MR) is 121 cm³/mol. The quantitative estimate of drug-likeness (QED) is 0.348. The maximum atomic E-state index is 13.2. The minimum Gasteiger partial charge on any atom is -0.507 e. The zero-order chi connectivity index (χ0) is 22.1. The van der Waals surface area contributed by atoms with E-state index in [-0.39, 0.29) is 11.3 Å². The summed E-state index contributed by atoms with van der Waals surface area (Å²) in [4.78, 5) is 31.8. The van der Waals surface area contributed by atoms with Crippen LogP contribution in [-0.4, -0.2) is 21.8 Å². The monoisotopic (exact) mass is 432 g/mol. The van der Waals surface area contributed by atoms with Gasteiger partial charge < -0.3 is 5.11 Å². The van der Waals surface area contributed by atoms with E-state index in [0.717, 1.165) is 17.5 Å². The van der Waals surface area contributed by atoms with E-state index in [1.165, 1.54) is 4.90 Å². The molecule has 1 aliphatic rings. The van der Waals surface area contributed by atoms with E-state index in [9.17, 15) is 14.7 Å². The van der Waals surface area contributed by atoms with E-state index >= 15 is 0 Å². The minimum absolute atomic E-state index is 0.0507. The van der Waals surface area contributed by atoms with Gasteiger partial charge in [0.25, 0.3) is 11.7 Å². The Morgan fingerprint density at radius 3 is 2.35 bits per heavy atom. The SMILES string of the molecule is CCc1ccc(/C(O)=C2\C(=O)C(=O)N(c3ccc(Cl)cc3C)C2c2ccncc2)cc1. The molecule has 0 spiro atoms. The van der Waals surface area contributed by atoms with Gasteiger partial charge in [0, 0.05) is 28.7 Å². The normalized spacial score (nSPS) is 17.9. The highest BCUT2D eigenvalue weighted by Crippen LogP contribution is 2.43. The Bertz CT molecular complexity index is 1190. The topological polar surface area (TPSA) is 70.5 Å². The van der Waals surface area contributed by atoms with E-state index < -0.39 is 17.7 Å². The molecule has 1 N–H and O–H groups in total. The van der Waals surface area contributed by atoms with Crippen molar-refractivity contribution in [1.82, 2.24) is 4.98 Å². The van der Waals surface area contributed by atoms with Crippen molar-refractivity contribution in [2.24, 2.45) is 0 Å². The number of anilines is 1. The molecular formula is C25H21ClN2O3. The number of Topliss-reactive ketones (excluding diaryl/α,β-unsaturated/α-hetero) is 1. The summed E-state index contributed by atoms with van der Waals surface area (Å²) >= 11 is 6.10. The number of pyridine rings is 1. The van der Waals surface area contributed by atoms with E-state index in [2.05, 4.69) is 4.98 Å². The van der Waals surface area contributed by atoms with Crippen molar-refractivity contribution in [2.45, 2.75) is 26.3 Å². The molecule has 2 heterocycles. The first kappa shape index (κ1) is 20.8. The predicted octanol–water partition coefficient (Wildman–Crippen LogP) is 5.23. The summed E-state index contributed by atoms with van der Waals surface area (Å²) < 4.78 is 0. The van der Waals surface area contributed by atoms with Crippen molar-refractivity contribution in [2.75, 3.05) is 4.90 Å². The van der Waals surface area contributed by atoms with Crippen molar-refractivity contribution in [3.8, 4) is 0 Å². The second kappa shape index (κ2) is 8.36. The first-order valence-corrected chi connectivity index (χ1v) is 10.4. The molecule has 0 aliphatic carbocycles. The molecule has 0 radical (unpaired) electrons. The fourth-order valence-corrected chi connectivity index (χ4v) is 4.11. The zero-order valence-electron chi connectivity index (χ0n) is 17.2. The molecule has 5 nitrogen and oxygen atoms in total. The van der Waals surface area contributed by atoms with Gasteiger partial charge in [-0.25, -0.2) is 0 Å². The number of aliphatic hydroxyl groups is 1. The van der Waals surface area contributed by atoms with E-state index in [4.69, 9.17) is 11.6 Å². The Kier molecular flexibility index (Phi) is 5.61. The van der Waals surface area contributed by atoms with E-state index in [1.54, 1.807) is 54.9 Å². The summed E-state index contributed by atoms with van der Waals surface area (Å²) in [5.74, 6) is -1.62. The van der Waals surface area contributed by atoms with Crippen LogP contribution >= 0.6 is 11.6 Å². The number of benzene rings is 2. The number of hydrogen-bond acceptors (Lipinski definition) is 4. The van der Waals surface area contributed by atoms with Crippen molar-refractivity contribution < 1.29 is 14.7 Å². The number of carbonyl (C=O) groups excluding carboxylic acids is 2. The largest absolute Gasteiger partial charge is 0.507 e. The number of aryl methyl sites for hydroxylation is 2. The Morgan fingerprint density at radius 1 is 1.06 bits per heavy atom. The summed E-state index contributed by atoms with van der Waals surface area (Å²) in [6.07, 6.45) is 4.05. The third-order valence-corrected chi connectivity index (χ3v) is 5.76. The number of amides is 1. The lowest BCUT2D eigenvalue weighted by Gasteiger charge is -2.26. The van der Waals surface area contributed by atoms with Crippen LogP contribution in [0.4, 0.5) is 5.69 Å². The second-order valence-corrected chi connectivity index (χ2v) is 7.87. The zero-order valence-corrected chi connectivity index (χ0v) is 17.9. The first-order chi connectivity index (χ1) is 14.9. The molecule has 1 aliphatic heterocycles. The lowest BCUT2D eigenvalue weighted by molar-refractivity contribution is -0.132. The molecule has 1 fully saturated rings. The maximum Gasteiger partial charge on any atom is 0.300 e. The average Bonchev–Trinajstić information content (AvgIpc) is 3.04. The van der Waals surface area contributed by atoms with Crippen LogP contribution < -0.4 is 4.90 Å². The number of nitrogens with zero attached hydrogens (tertiary/aromatic N) is 2. The highest BCUT2D eigenvalue weighted by Gasteiger charge is 2.47. The molecule has 1 saturated heterocycles. The number of aromatic nitrogens is 1. The van der Waals surface area contributed by atoms with Crippen LogP contribution in [-0.2, 0) is 16.0 Å². The minimum atomic E-state index is -0.784. The number of aliphatic hydroxyl groups excluding tert-OH is 1. The van der Waals surface area contributed by atoms with Crippen molar-refractivity contribution in [3.05, 3.63) is 99.8 Å². The van der Waals surface area contributed by atoms with Gasteiger partial charge in [0.1, 0.15) is 5.76 Å². The van der Waals surface area contributed by atoms with Gasteiger partial charge in [0.05, 0.1) is 11.6 Å². The van der Waals surface area contributed by atoms with E-state index in [0.29, 0.717) is 21.8 Å². The average molecular weight is 433 g/mol. The third kappa shape index (κ3) is 3.73. The standard InChI is InChI=1S/C25H21ClN2O3/c1-3-16-4-6-18(7-5-16)23(29)21-22(17-10-12-27-13-11-17)28(25(31)24(21)30)20-9-8-19(26)14-15(20)2/h4-14,22,29H,3H2,1-2H3/b23-21+. The number of hydrogen-bond donors (Lipinski definition) is 1. The molecule has 1 amide bonds. The van der Waals surface area contributed by atoms with Crippen LogP contribution in [0.5, 0.6) is 0 Å². The number of carbonyl (C=O) groups is 2. The van der Waals surface area contributed by atoms with Crippen molar-refractivity contribution in [3.63, 3.8) is 0 Å². The molecule has 0 bridgehead atoms. The van der Waals surface area contributed by atoms with Gasteiger partial charge >= 0.3 is 0 Å². The van der Waals surface area contributed by atoms with Gasteiger partial charge in [-0.15, -0.1) is 0 Å². The molecule has 1 aromatic heterocycles. The highest BCUT2D eigenvalue weighted by atomic mass is 35.5. The molecule has 1 atom stereocenters. The van der Waals surface area contributed by atoms with Gasteiger partial charge in [-0.05, 0) is 60.4 Å². The van der Waals surface area contributed by atoms with Crippen molar-refractivity contribution >= 4 is 34.7 Å². The molecule has 1 unspecified atom stereocenters. The van der Waals surface area contributed by atoms with Crippen LogP contribution in [0, 0.1) is 6.92 Å². The molecular weight excluding hydrogens is 412 g/mol. The first-order valence-electron chi connectivity index (χ1n) is 9.98. The van der Waals surface area contributed by atoms with Crippen LogP contribution in [0.1, 0.15) is 35.2 Å². The van der Waals surface area contributed by atoms with E-state index in [1.807, 2.05) is 26.0 Å². The summed E-state index contributed by atoms with van der Waals surface area (Å²) in [5.41, 5.74) is 3.64.